The highest BCUT2D eigenvalue weighted by atomic mass is 19.1. The summed E-state index contributed by atoms with van der Waals surface area (Å²) >= 11 is 0. The van der Waals surface area contributed by atoms with Crippen LogP contribution < -0.4 is 11.1 Å². The first-order valence-corrected chi connectivity index (χ1v) is 6.60. The number of nitrogens with zero attached hydrogens (tertiary/aromatic N) is 1. The fraction of sp³-hybridized carbons (Fsp3) is 0.429. The monoisotopic (exact) mass is 279 g/mol. The minimum absolute atomic E-state index is 0.0473. The van der Waals surface area contributed by atoms with E-state index >= 15 is 0 Å². The zero-order valence-corrected chi connectivity index (χ0v) is 11.3. The lowest BCUT2D eigenvalue weighted by Gasteiger charge is -2.36. The molecule has 1 fully saturated rings. The fourth-order valence-corrected chi connectivity index (χ4v) is 2.35. The Morgan fingerprint density at radius 2 is 1.95 bits per heavy atom. The van der Waals surface area contributed by atoms with Gasteiger partial charge in [0.2, 0.25) is 5.91 Å². The number of anilines is 1. The second-order valence-electron chi connectivity index (χ2n) is 5.12. The van der Waals surface area contributed by atoms with Gasteiger partial charge in [0.1, 0.15) is 5.82 Å². The Bertz CT molecular complexity index is 504. The van der Waals surface area contributed by atoms with Gasteiger partial charge in [-0.15, -0.1) is 0 Å². The Morgan fingerprint density at radius 1 is 1.30 bits per heavy atom. The van der Waals surface area contributed by atoms with Crippen molar-refractivity contribution in [3.8, 4) is 0 Å². The zero-order valence-electron chi connectivity index (χ0n) is 11.3. The Balaban J connectivity index is 2.03. The van der Waals surface area contributed by atoms with E-state index in [9.17, 15) is 14.0 Å². The molecule has 5 nitrogen and oxygen atoms in total. The van der Waals surface area contributed by atoms with Crippen LogP contribution in [0.25, 0.3) is 0 Å². The molecule has 2 rings (SSSR count). The molecule has 1 aromatic carbocycles. The highest BCUT2D eigenvalue weighted by Gasteiger charge is 2.31. The van der Waals surface area contributed by atoms with Gasteiger partial charge in [0.25, 0.3) is 0 Å². The number of nitrogens with one attached hydrogen (secondary N) is 1. The first-order chi connectivity index (χ1) is 9.47. The summed E-state index contributed by atoms with van der Waals surface area (Å²) in [5, 5.41) is 2.70. The second-order valence-corrected chi connectivity index (χ2v) is 5.12. The van der Waals surface area contributed by atoms with Crippen molar-refractivity contribution in [2.75, 3.05) is 11.9 Å². The molecular weight excluding hydrogens is 261 g/mol. The summed E-state index contributed by atoms with van der Waals surface area (Å²) < 4.78 is 12.8. The molecule has 6 heteroatoms. The van der Waals surface area contributed by atoms with Crippen molar-refractivity contribution in [1.29, 1.82) is 0 Å². The minimum Gasteiger partial charge on any atom is -0.369 e. The van der Waals surface area contributed by atoms with Gasteiger partial charge in [-0.1, -0.05) is 0 Å². The second kappa shape index (κ2) is 5.90. The van der Waals surface area contributed by atoms with Crippen LogP contribution in [-0.4, -0.2) is 29.4 Å². The first-order valence-electron chi connectivity index (χ1n) is 6.60. The van der Waals surface area contributed by atoms with Crippen molar-refractivity contribution in [3.05, 3.63) is 30.1 Å². The van der Waals surface area contributed by atoms with Gasteiger partial charge < -0.3 is 16.0 Å². The van der Waals surface area contributed by atoms with Gasteiger partial charge in [0.05, 0.1) is 5.92 Å². The van der Waals surface area contributed by atoms with Gasteiger partial charge in [-0.05, 0) is 44.0 Å². The van der Waals surface area contributed by atoms with Crippen molar-refractivity contribution >= 4 is 17.6 Å². The van der Waals surface area contributed by atoms with Gasteiger partial charge in [-0.2, -0.15) is 0 Å². The van der Waals surface area contributed by atoms with Crippen LogP contribution in [0, 0.1) is 11.7 Å². The summed E-state index contributed by atoms with van der Waals surface area (Å²) in [6.45, 7) is 2.25. The van der Waals surface area contributed by atoms with Gasteiger partial charge in [-0.25, -0.2) is 9.18 Å². The average Bonchev–Trinajstić information content (AvgIpc) is 2.41. The average molecular weight is 279 g/mol. The van der Waals surface area contributed by atoms with Crippen LogP contribution in [0.1, 0.15) is 19.8 Å². The van der Waals surface area contributed by atoms with Crippen LogP contribution in [-0.2, 0) is 4.79 Å². The standard InChI is InChI=1S/C14H18FN3O2/c1-9-2-3-10(13(16)19)8-18(9)14(20)17-12-6-4-11(15)5-7-12/h4-7,9-10H,2-3,8H2,1H3,(H2,16,19)(H,17,20)/t9-,10+/m1/s1. The van der Waals surface area contributed by atoms with E-state index in [4.69, 9.17) is 5.73 Å². The van der Waals surface area contributed by atoms with Crippen molar-refractivity contribution in [2.45, 2.75) is 25.8 Å². The number of hydrogen-bond acceptors (Lipinski definition) is 2. The van der Waals surface area contributed by atoms with Crippen LogP contribution in [0.2, 0.25) is 0 Å². The van der Waals surface area contributed by atoms with Crippen molar-refractivity contribution in [3.63, 3.8) is 0 Å². The molecule has 108 valence electrons. The molecule has 0 spiro atoms. The number of carbonyl (C=O) groups excluding carboxylic acids is 2. The molecule has 3 amide bonds. The number of benzene rings is 1. The third-order valence-electron chi connectivity index (χ3n) is 3.64. The number of primary amides is 1. The molecule has 20 heavy (non-hydrogen) atoms. The molecule has 0 radical (unpaired) electrons. The summed E-state index contributed by atoms with van der Waals surface area (Å²) in [6, 6.07) is 5.30. The van der Waals surface area contributed by atoms with Crippen LogP contribution in [0.15, 0.2) is 24.3 Å². The Kier molecular flexibility index (Phi) is 4.22. The third kappa shape index (κ3) is 3.26. The van der Waals surface area contributed by atoms with Crippen LogP contribution in [0.5, 0.6) is 0 Å². The van der Waals surface area contributed by atoms with E-state index in [0.29, 0.717) is 18.7 Å². The minimum atomic E-state index is -0.378. The topological polar surface area (TPSA) is 75.4 Å². The molecule has 0 aromatic heterocycles. The SMILES string of the molecule is C[C@@H]1CC[C@H](C(N)=O)CN1C(=O)Nc1ccc(F)cc1. The van der Waals surface area contributed by atoms with E-state index in [1.807, 2.05) is 6.92 Å². The molecule has 0 aliphatic carbocycles. The zero-order chi connectivity index (χ0) is 14.7. The number of carbonyl (C=O) groups is 2. The normalized spacial score (nSPS) is 22.4. The van der Waals surface area contributed by atoms with Gasteiger partial charge in [-0.3, -0.25) is 4.79 Å². The summed E-state index contributed by atoms with van der Waals surface area (Å²) in [5.74, 6) is -1.04. The molecule has 1 aliphatic rings. The molecule has 1 heterocycles. The van der Waals surface area contributed by atoms with Crippen molar-refractivity contribution in [2.24, 2.45) is 11.7 Å². The van der Waals surface area contributed by atoms with E-state index in [1.165, 1.54) is 24.3 Å². The molecule has 0 unspecified atom stereocenters. The third-order valence-corrected chi connectivity index (χ3v) is 3.64. The number of nitrogens with two attached hydrogens (primary N) is 1. The molecule has 2 atom stereocenters. The number of likely N-dealkylation sites (tertiary alicyclic amines) is 1. The predicted octanol–water partition coefficient (Wildman–Crippen LogP) is 1.94. The quantitative estimate of drug-likeness (QED) is 0.868. The lowest BCUT2D eigenvalue weighted by atomic mass is 9.93. The summed E-state index contributed by atoms with van der Waals surface area (Å²) in [5.41, 5.74) is 5.82. The molecule has 1 aromatic rings. The van der Waals surface area contributed by atoms with Gasteiger partial charge >= 0.3 is 6.03 Å². The van der Waals surface area contributed by atoms with E-state index in [0.717, 1.165) is 6.42 Å². The van der Waals surface area contributed by atoms with E-state index in [2.05, 4.69) is 5.32 Å². The van der Waals surface area contributed by atoms with Crippen LogP contribution >= 0.6 is 0 Å². The van der Waals surface area contributed by atoms with E-state index in [1.54, 1.807) is 4.90 Å². The number of piperidine rings is 1. The number of urea groups is 1. The van der Waals surface area contributed by atoms with Crippen molar-refractivity contribution in [1.82, 2.24) is 4.90 Å². The number of hydrogen-bond donors (Lipinski definition) is 2. The molecule has 0 bridgehead atoms. The maximum Gasteiger partial charge on any atom is 0.322 e. The highest BCUT2D eigenvalue weighted by molar-refractivity contribution is 5.90. The van der Waals surface area contributed by atoms with E-state index in [-0.39, 0.29) is 29.7 Å². The fourth-order valence-electron chi connectivity index (χ4n) is 2.35. The first kappa shape index (κ1) is 14.3. The Labute approximate surface area is 116 Å². The Hall–Kier alpha value is -2.11. The summed E-state index contributed by atoms with van der Waals surface area (Å²) in [7, 11) is 0. The van der Waals surface area contributed by atoms with Crippen LogP contribution in [0.3, 0.4) is 0 Å². The summed E-state index contributed by atoms with van der Waals surface area (Å²) in [4.78, 5) is 25.0. The van der Waals surface area contributed by atoms with Gasteiger partial charge in [0, 0.05) is 18.3 Å². The molecule has 1 aliphatic heterocycles. The number of halogens is 1. The largest absolute Gasteiger partial charge is 0.369 e. The molecular formula is C14H18FN3O2. The Morgan fingerprint density at radius 3 is 2.55 bits per heavy atom. The highest BCUT2D eigenvalue weighted by Crippen LogP contribution is 2.22. The van der Waals surface area contributed by atoms with Crippen LogP contribution in [0.4, 0.5) is 14.9 Å². The lowest BCUT2D eigenvalue weighted by molar-refractivity contribution is -0.123. The lowest BCUT2D eigenvalue weighted by Crippen LogP contribution is -2.50. The number of rotatable bonds is 2. The maximum absolute atomic E-state index is 12.8. The summed E-state index contributed by atoms with van der Waals surface area (Å²) in [6.07, 6.45) is 1.45. The molecule has 3 N–H and O–H groups in total. The molecule has 1 saturated heterocycles. The maximum atomic E-state index is 12.8. The van der Waals surface area contributed by atoms with Crippen molar-refractivity contribution < 1.29 is 14.0 Å². The van der Waals surface area contributed by atoms with Gasteiger partial charge in [0.15, 0.2) is 0 Å². The smallest absolute Gasteiger partial charge is 0.322 e. The van der Waals surface area contributed by atoms with E-state index < -0.39 is 0 Å². The predicted molar refractivity (Wildman–Crippen MR) is 73.5 cm³/mol. The number of amides is 3. The molecule has 0 saturated carbocycles.